The van der Waals surface area contributed by atoms with Crippen molar-refractivity contribution in [2.24, 2.45) is 0 Å². The molecule has 0 aliphatic heterocycles. The molecule has 0 aliphatic carbocycles. The van der Waals surface area contributed by atoms with Gasteiger partial charge in [0.1, 0.15) is 18.5 Å². The Morgan fingerprint density at radius 1 is 1.29 bits per heavy atom. The molecule has 1 atom stereocenters. The summed E-state index contributed by atoms with van der Waals surface area (Å²) < 4.78 is 3.66. The Hall–Kier alpha value is -2.96. The van der Waals surface area contributed by atoms with E-state index in [2.05, 4.69) is 20.4 Å². The predicted molar refractivity (Wildman–Crippen MR) is 89.5 cm³/mol. The molecule has 0 saturated carbocycles. The molecule has 1 N–H and O–H groups in total. The van der Waals surface area contributed by atoms with Gasteiger partial charge >= 0.3 is 0 Å². The SMILES string of the molecule is Cc1nccn1CCC(=O)NC(C)c1ccc(-n2cncn2)cc1. The molecule has 0 bridgehead atoms. The smallest absolute Gasteiger partial charge is 0.222 e. The quantitative estimate of drug-likeness (QED) is 0.753. The van der Waals surface area contributed by atoms with Crippen LogP contribution in [0.15, 0.2) is 49.3 Å². The lowest BCUT2D eigenvalue weighted by molar-refractivity contribution is -0.121. The van der Waals surface area contributed by atoms with E-state index in [-0.39, 0.29) is 11.9 Å². The fraction of sp³-hybridized carbons (Fsp3) is 0.294. The van der Waals surface area contributed by atoms with E-state index < -0.39 is 0 Å². The third-order valence-corrected chi connectivity index (χ3v) is 3.96. The van der Waals surface area contributed by atoms with Gasteiger partial charge in [0.25, 0.3) is 0 Å². The van der Waals surface area contributed by atoms with Crippen molar-refractivity contribution in [3.05, 3.63) is 60.7 Å². The molecule has 0 radical (unpaired) electrons. The zero-order chi connectivity index (χ0) is 16.9. The van der Waals surface area contributed by atoms with Crippen LogP contribution in [0.25, 0.3) is 5.69 Å². The topological polar surface area (TPSA) is 77.6 Å². The molecule has 24 heavy (non-hydrogen) atoms. The number of benzene rings is 1. The van der Waals surface area contributed by atoms with E-state index in [4.69, 9.17) is 0 Å². The van der Waals surface area contributed by atoms with Gasteiger partial charge in [-0.25, -0.2) is 14.6 Å². The first-order valence-electron chi connectivity index (χ1n) is 7.85. The molecule has 2 heterocycles. The zero-order valence-corrected chi connectivity index (χ0v) is 13.8. The van der Waals surface area contributed by atoms with Gasteiger partial charge < -0.3 is 9.88 Å². The maximum absolute atomic E-state index is 12.1. The highest BCUT2D eigenvalue weighted by Gasteiger charge is 2.10. The highest BCUT2D eigenvalue weighted by atomic mass is 16.1. The van der Waals surface area contributed by atoms with Crippen molar-refractivity contribution >= 4 is 5.91 Å². The van der Waals surface area contributed by atoms with Crippen molar-refractivity contribution in [3.8, 4) is 5.69 Å². The molecular weight excluding hydrogens is 304 g/mol. The fourth-order valence-corrected chi connectivity index (χ4v) is 2.52. The lowest BCUT2D eigenvalue weighted by atomic mass is 10.1. The summed E-state index contributed by atoms with van der Waals surface area (Å²) in [6, 6.07) is 7.85. The van der Waals surface area contributed by atoms with Gasteiger partial charge in [-0.3, -0.25) is 4.79 Å². The maximum Gasteiger partial charge on any atom is 0.222 e. The minimum absolute atomic E-state index is 0.0240. The number of aryl methyl sites for hydroxylation is 2. The molecule has 3 aromatic rings. The summed E-state index contributed by atoms with van der Waals surface area (Å²) >= 11 is 0. The second-order valence-electron chi connectivity index (χ2n) is 5.64. The van der Waals surface area contributed by atoms with E-state index in [0.717, 1.165) is 17.1 Å². The van der Waals surface area contributed by atoms with Crippen LogP contribution in [0.5, 0.6) is 0 Å². The summed E-state index contributed by atoms with van der Waals surface area (Å²) in [4.78, 5) is 20.2. The van der Waals surface area contributed by atoms with E-state index in [1.54, 1.807) is 17.2 Å². The third-order valence-electron chi connectivity index (χ3n) is 3.96. The zero-order valence-electron chi connectivity index (χ0n) is 13.8. The van der Waals surface area contributed by atoms with Crippen LogP contribution in [-0.4, -0.2) is 30.2 Å². The molecule has 1 amide bonds. The van der Waals surface area contributed by atoms with Crippen molar-refractivity contribution in [1.29, 1.82) is 0 Å². The number of nitrogens with one attached hydrogen (secondary N) is 1. The second kappa shape index (κ2) is 7.08. The highest BCUT2D eigenvalue weighted by Crippen LogP contribution is 2.15. The van der Waals surface area contributed by atoms with Crippen molar-refractivity contribution in [2.75, 3.05) is 0 Å². The van der Waals surface area contributed by atoms with Crippen LogP contribution in [0.3, 0.4) is 0 Å². The van der Waals surface area contributed by atoms with Crippen LogP contribution < -0.4 is 5.32 Å². The molecule has 0 saturated heterocycles. The van der Waals surface area contributed by atoms with Gasteiger partial charge in [-0.05, 0) is 31.5 Å². The first-order valence-corrected chi connectivity index (χ1v) is 7.85. The number of imidazole rings is 1. The van der Waals surface area contributed by atoms with Crippen LogP contribution in [0.4, 0.5) is 0 Å². The monoisotopic (exact) mass is 324 g/mol. The van der Waals surface area contributed by atoms with Crippen LogP contribution in [0, 0.1) is 6.92 Å². The van der Waals surface area contributed by atoms with E-state index >= 15 is 0 Å². The molecule has 3 rings (SSSR count). The average molecular weight is 324 g/mol. The number of hydrogen-bond acceptors (Lipinski definition) is 4. The minimum atomic E-state index is -0.0498. The number of hydrogen-bond donors (Lipinski definition) is 1. The Kier molecular flexibility index (Phi) is 4.69. The Labute approximate surface area is 140 Å². The number of amides is 1. The molecule has 7 nitrogen and oxygen atoms in total. The average Bonchev–Trinajstić information content (AvgIpc) is 3.25. The Morgan fingerprint density at radius 2 is 2.08 bits per heavy atom. The van der Waals surface area contributed by atoms with Crippen molar-refractivity contribution in [1.82, 2.24) is 29.6 Å². The molecule has 0 fully saturated rings. The van der Waals surface area contributed by atoms with Gasteiger partial charge in [-0.1, -0.05) is 12.1 Å². The van der Waals surface area contributed by atoms with Gasteiger partial charge in [-0.15, -0.1) is 0 Å². The number of carbonyl (C=O) groups excluding carboxylic acids is 1. The molecule has 0 aliphatic rings. The Bertz CT molecular complexity index is 791. The normalized spacial score (nSPS) is 12.1. The van der Waals surface area contributed by atoms with Crippen molar-refractivity contribution in [2.45, 2.75) is 32.9 Å². The Balaban J connectivity index is 1.55. The van der Waals surface area contributed by atoms with E-state index in [9.17, 15) is 4.79 Å². The number of rotatable bonds is 6. The summed E-state index contributed by atoms with van der Waals surface area (Å²) in [5.41, 5.74) is 1.98. The third kappa shape index (κ3) is 3.68. The first kappa shape index (κ1) is 15.9. The van der Waals surface area contributed by atoms with Gasteiger partial charge in [0.05, 0.1) is 11.7 Å². The van der Waals surface area contributed by atoms with Gasteiger partial charge in [0, 0.05) is 25.4 Å². The number of carbonyl (C=O) groups is 1. The number of nitrogens with zero attached hydrogens (tertiary/aromatic N) is 5. The van der Waals surface area contributed by atoms with E-state index in [1.165, 1.54) is 6.33 Å². The minimum Gasteiger partial charge on any atom is -0.350 e. The molecule has 1 aromatic carbocycles. The molecule has 2 aromatic heterocycles. The second-order valence-corrected chi connectivity index (χ2v) is 5.64. The van der Waals surface area contributed by atoms with Crippen LogP contribution in [0.2, 0.25) is 0 Å². The summed E-state index contributed by atoms with van der Waals surface area (Å²) in [6.45, 7) is 4.54. The van der Waals surface area contributed by atoms with Crippen LogP contribution in [0.1, 0.15) is 30.8 Å². The summed E-state index contributed by atoms with van der Waals surface area (Å²) in [5.74, 6) is 0.940. The lowest BCUT2D eigenvalue weighted by Gasteiger charge is -2.15. The summed E-state index contributed by atoms with van der Waals surface area (Å²) in [5, 5.41) is 7.12. The van der Waals surface area contributed by atoms with Crippen LogP contribution in [-0.2, 0) is 11.3 Å². The van der Waals surface area contributed by atoms with Crippen LogP contribution >= 0.6 is 0 Å². The maximum atomic E-state index is 12.1. The molecular formula is C17H20N6O. The van der Waals surface area contributed by atoms with Gasteiger partial charge in [0.15, 0.2) is 0 Å². The molecule has 1 unspecified atom stereocenters. The standard InChI is InChI=1S/C17H20N6O/c1-13(21-17(24)7-9-22-10-8-19-14(22)2)15-3-5-16(6-4-15)23-12-18-11-20-23/h3-6,8,10-13H,7,9H2,1-2H3,(H,21,24). The molecule has 124 valence electrons. The van der Waals surface area contributed by atoms with E-state index in [0.29, 0.717) is 13.0 Å². The largest absolute Gasteiger partial charge is 0.350 e. The Morgan fingerprint density at radius 3 is 2.71 bits per heavy atom. The van der Waals surface area contributed by atoms with Crippen molar-refractivity contribution in [3.63, 3.8) is 0 Å². The fourth-order valence-electron chi connectivity index (χ4n) is 2.52. The predicted octanol–water partition coefficient (Wildman–Crippen LogP) is 2.04. The lowest BCUT2D eigenvalue weighted by Crippen LogP contribution is -2.27. The van der Waals surface area contributed by atoms with E-state index in [1.807, 2.05) is 48.9 Å². The first-order chi connectivity index (χ1) is 11.6. The van der Waals surface area contributed by atoms with Crippen molar-refractivity contribution < 1.29 is 4.79 Å². The number of aromatic nitrogens is 5. The molecule has 7 heteroatoms. The summed E-state index contributed by atoms with van der Waals surface area (Å²) in [7, 11) is 0. The molecule has 0 spiro atoms. The summed E-state index contributed by atoms with van der Waals surface area (Å²) in [6.07, 6.45) is 7.21. The van der Waals surface area contributed by atoms with Gasteiger partial charge in [-0.2, -0.15) is 5.10 Å². The highest BCUT2D eigenvalue weighted by molar-refractivity contribution is 5.76. The van der Waals surface area contributed by atoms with Gasteiger partial charge in [0.2, 0.25) is 5.91 Å².